The molecule has 3 heteroatoms. The minimum atomic E-state index is 0.704. The molecule has 0 atom stereocenters. The van der Waals surface area contributed by atoms with Gasteiger partial charge in [-0.3, -0.25) is 9.78 Å². The molecule has 0 amide bonds. The highest BCUT2D eigenvalue weighted by molar-refractivity contribution is 5.94. The lowest BCUT2D eigenvalue weighted by molar-refractivity contribution is 0.112. The molecule has 2 aromatic heterocycles. The molecular formula is C15H18N2O. The molecule has 2 heterocycles. The van der Waals surface area contributed by atoms with Crippen molar-refractivity contribution in [3.8, 4) is 0 Å². The van der Waals surface area contributed by atoms with E-state index in [1.165, 1.54) is 37.8 Å². The molecule has 3 nitrogen and oxygen atoms in total. The third-order valence-electron chi connectivity index (χ3n) is 3.97. The molecule has 0 bridgehead atoms. The summed E-state index contributed by atoms with van der Waals surface area (Å²) in [7, 11) is 0. The Hall–Kier alpha value is -1.64. The van der Waals surface area contributed by atoms with E-state index in [0.717, 1.165) is 29.7 Å². The Labute approximate surface area is 107 Å². The van der Waals surface area contributed by atoms with E-state index in [1.807, 2.05) is 0 Å². The zero-order chi connectivity index (χ0) is 12.4. The summed E-state index contributed by atoms with van der Waals surface area (Å²) >= 11 is 0. The maximum atomic E-state index is 11.0. The predicted octanol–water partition coefficient (Wildman–Crippen LogP) is 3.50. The van der Waals surface area contributed by atoms with Gasteiger partial charge in [-0.1, -0.05) is 32.1 Å². The molecule has 1 N–H and O–H groups in total. The molecule has 3 rings (SSSR count). The van der Waals surface area contributed by atoms with Crippen molar-refractivity contribution in [3.63, 3.8) is 0 Å². The van der Waals surface area contributed by atoms with Crippen molar-refractivity contribution in [2.45, 2.75) is 38.5 Å². The second kappa shape index (κ2) is 4.92. The Morgan fingerprint density at radius 3 is 2.94 bits per heavy atom. The number of aromatic amines is 1. The van der Waals surface area contributed by atoms with E-state index >= 15 is 0 Å². The third-order valence-corrected chi connectivity index (χ3v) is 3.97. The molecule has 0 aliphatic heterocycles. The van der Waals surface area contributed by atoms with Gasteiger partial charge >= 0.3 is 0 Å². The SMILES string of the molecule is O=Cc1ccnc2cc(CC3CCCCC3)[nH]c12. The minimum absolute atomic E-state index is 0.704. The molecule has 1 fully saturated rings. The normalized spacial score (nSPS) is 17.1. The zero-order valence-electron chi connectivity index (χ0n) is 10.5. The summed E-state index contributed by atoms with van der Waals surface area (Å²) in [6.07, 6.45) is 10.5. The first-order chi connectivity index (χ1) is 8.86. The molecule has 0 spiro atoms. The van der Waals surface area contributed by atoms with Crippen molar-refractivity contribution in [3.05, 3.63) is 29.6 Å². The number of aromatic nitrogens is 2. The fraction of sp³-hybridized carbons (Fsp3) is 0.467. The number of hydrogen-bond acceptors (Lipinski definition) is 2. The lowest BCUT2D eigenvalue weighted by atomic mass is 9.86. The second-order valence-electron chi connectivity index (χ2n) is 5.28. The van der Waals surface area contributed by atoms with Crippen molar-refractivity contribution in [1.29, 1.82) is 0 Å². The molecule has 0 aromatic carbocycles. The van der Waals surface area contributed by atoms with Gasteiger partial charge in [-0.25, -0.2) is 0 Å². The number of pyridine rings is 1. The number of nitrogens with zero attached hydrogens (tertiary/aromatic N) is 1. The molecule has 0 radical (unpaired) electrons. The van der Waals surface area contributed by atoms with Crippen LogP contribution in [0.4, 0.5) is 0 Å². The second-order valence-corrected chi connectivity index (χ2v) is 5.28. The monoisotopic (exact) mass is 242 g/mol. The van der Waals surface area contributed by atoms with Crippen molar-refractivity contribution in [1.82, 2.24) is 9.97 Å². The third kappa shape index (κ3) is 2.17. The van der Waals surface area contributed by atoms with Gasteiger partial charge in [-0.15, -0.1) is 0 Å². The summed E-state index contributed by atoms with van der Waals surface area (Å²) < 4.78 is 0. The number of rotatable bonds is 3. The summed E-state index contributed by atoms with van der Waals surface area (Å²) in [4.78, 5) is 18.7. The molecule has 0 unspecified atom stereocenters. The summed E-state index contributed by atoms with van der Waals surface area (Å²) in [5.41, 5.74) is 3.72. The number of fused-ring (bicyclic) bond motifs is 1. The van der Waals surface area contributed by atoms with Crippen molar-refractivity contribution >= 4 is 17.3 Å². The van der Waals surface area contributed by atoms with Crippen molar-refractivity contribution < 1.29 is 4.79 Å². The maximum Gasteiger partial charge on any atom is 0.152 e. The maximum absolute atomic E-state index is 11.0. The highest BCUT2D eigenvalue weighted by atomic mass is 16.1. The molecule has 2 aromatic rings. The van der Waals surface area contributed by atoms with Crippen LogP contribution in [0.15, 0.2) is 18.3 Å². The van der Waals surface area contributed by atoms with Gasteiger partial charge < -0.3 is 4.98 Å². The highest BCUT2D eigenvalue weighted by Crippen LogP contribution is 2.27. The van der Waals surface area contributed by atoms with Crippen molar-refractivity contribution in [2.24, 2.45) is 5.92 Å². The average molecular weight is 242 g/mol. The first-order valence-electron chi connectivity index (χ1n) is 6.78. The standard InChI is InChI=1S/C15H18N2O/c18-10-12-6-7-16-14-9-13(17-15(12)14)8-11-4-2-1-3-5-11/h6-7,9-11,17H,1-5,8H2. The topological polar surface area (TPSA) is 45.8 Å². The van der Waals surface area contributed by atoms with Gasteiger partial charge in [0.05, 0.1) is 11.0 Å². The molecule has 1 aliphatic carbocycles. The molecule has 18 heavy (non-hydrogen) atoms. The van der Waals surface area contributed by atoms with Gasteiger partial charge in [0, 0.05) is 17.5 Å². The molecule has 1 aliphatic rings. The molecular weight excluding hydrogens is 224 g/mol. The van der Waals surface area contributed by atoms with Gasteiger partial charge in [0.2, 0.25) is 0 Å². The lowest BCUT2D eigenvalue weighted by Gasteiger charge is -2.20. The quantitative estimate of drug-likeness (QED) is 0.837. The summed E-state index contributed by atoms with van der Waals surface area (Å²) in [6, 6.07) is 3.85. The van der Waals surface area contributed by atoms with Crippen LogP contribution in [-0.4, -0.2) is 16.3 Å². The lowest BCUT2D eigenvalue weighted by Crippen LogP contribution is -2.09. The van der Waals surface area contributed by atoms with Crippen LogP contribution in [-0.2, 0) is 6.42 Å². The minimum Gasteiger partial charge on any atom is -0.356 e. The van der Waals surface area contributed by atoms with Gasteiger partial charge in [-0.2, -0.15) is 0 Å². The summed E-state index contributed by atoms with van der Waals surface area (Å²) in [6.45, 7) is 0. The van der Waals surface area contributed by atoms with Crippen LogP contribution in [0.2, 0.25) is 0 Å². The Morgan fingerprint density at radius 1 is 1.33 bits per heavy atom. The summed E-state index contributed by atoms with van der Waals surface area (Å²) in [5.74, 6) is 0.798. The van der Waals surface area contributed by atoms with E-state index in [9.17, 15) is 4.79 Å². The van der Waals surface area contributed by atoms with E-state index in [4.69, 9.17) is 0 Å². The molecule has 0 saturated heterocycles. The largest absolute Gasteiger partial charge is 0.356 e. The van der Waals surface area contributed by atoms with Crippen LogP contribution in [0, 0.1) is 5.92 Å². The van der Waals surface area contributed by atoms with Crippen LogP contribution < -0.4 is 0 Å². The molecule has 94 valence electrons. The number of hydrogen-bond donors (Lipinski definition) is 1. The number of carbonyl (C=O) groups is 1. The van der Waals surface area contributed by atoms with E-state index in [0.29, 0.717) is 5.56 Å². The van der Waals surface area contributed by atoms with E-state index in [-0.39, 0.29) is 0 Å². The van der Waals surface area contributed by atoms with Crippen LogP contribution in [0.3, 0.4) is 0 Å². The zero-order valence-corrected chi connectivity index (χ0v) is 10.5. The fourth-order valence-electron chi connectivity index (χ4n) is 3.01. The van der Waals surface area contributed by atoms with Crippen LogP contribution in [0.1, 0.15) is 48.2 Å². The summed E-state index contributed by atoms with van der Waals surface area (Å²) in [5, 5.41) is 0. The smallest absolute Gasteiger partial charge is 0.152 e. The van der Waals surface area contributed by atoms with Gasteiger partial charge in [0.1, 0.15) is 0 Å². The van der Waals surface area contributed by atoms with E-state index in [1.54, 1.807) is 12.3 Å². The fourth-order valence-corrected chi connectivity index (χ4v) is 3.01. The Bertz CT molecular complexity index is 553. The number of nitrogens with one attached hydrogen (secondary N) is 1. The Balaban J connectivity index is 1.86. The average Bonchev–Trinajstić information content (AvgIpc) is 2.82. The predicted molar refractivity (Wildman–Crippen MR) is 71.8 cm³/mol. The van der Waals surface area contributed by atoms with E-state index < -0.39 is 0 Å². The number of carbonyl (C=O) groups excluding carboxylic acids is 1. The van der Waals surface area contributed by atoms with Crippen LogP contribution >= 0.6 is 0 Å². The first kappa shape index (κ1) is 11.5. The van der Waals surface area contributed by atoms with Crippen LogP contribution in [0.25, 0.3) is 11.0 Å². The van der Waals surface area contributed by atoms with Gasteiger partial charge in [-0.05, 0) is 24.5 Å². The highest BCUT2D eigenvalue weighted by Gasteiger charge is 2.15. The molecule has 1 saturated carbocycles. The first-order valence-corrected chi connectivity index (χ1v) is 6.78. The van der Waals surface area contributed by atoms with E-state index in [2.05, 4.69) is 16.0 Å². The Kier molecular flexibility index (Phi) is 3.13. The Morgan fingerprint density at radius 2 is 2.17 bits per heavy atom. The number of aldehydes is 1. The van der Waals surface area contributed by atoms with Crippen LogP contribution in [0.5, 0.6) is 0 Å². The van der Waals surface area contributed by atoms with Gasteiger partial charge in [0.15, 0.2) is 6.29 Å². The van der Waals surface area contributed by atoms with Gasteiger partial charge in [0.25, 0.3) is 0 Å². The number of H-pyrrole nitrogens is 1. The van der Waals surface area contributed by atoms with Crippen molar-refractivity contribution in [2.75, 3.05) is 0 Å².